The molecule has 2 aromatic carbocycles. The van der Waals surface area contributed by atoms with Crippen LogP contribution in [0.2, 0.25) is 0 Å². The molecule has 0 spiro atoms. The van der Waals surface area contributed by atoms with Crippen LogP contribution < -0.4 is 15.4 Å². The van der Waals surface area contributed by atoms with Crippen molar-refractivity contribution in [2.75, 3.05) is 33.3 Å². The van der Waals surface area contributed by atoms with Gasteiger partial charge in [0.15, 0.2) is 0 Å². The summed E-state index contributed by atoms with van der Waals surface area (Å²) in [6.07, 6.45) is 0.915. The van der Waals surface area contributed by atoms with Crippen LogP contribution in [0.15, 0.2) is 54.6 Å². The van der Waals surface area contributed by atoms with Crippen LogP contribution in [0.3, 0.4) is 0 Å². The van der Waals surface area contributed by atoms with E-state index < -0.39 is 0 Å². The van der Waals surface area contributed by atoms with Crippen LogP contribution >= 0.6 is 0 Å². The maximum Gasteiger partial charge on any atom is 0.317 e. The molecular formula is C21H25N3O3. The molecule has 0 bridgehead atoms. The average molecular weight is 367 g/mol. The number of hydrogen-bond acceptors (Lipinski definition) is 3. The standard InChI is InChI=1S/C21H25N3O3/c1-27-19-10-6-5-9-18(19)17-11-14-24(15-17)21(26)23-13-12-22-20(25)16-7-3-2-4-8-16/h2-10,17H,11-15H2,1H3,(H,22,25)(H,23,26). The third kappa shape index (κ3) is 4.78. The lowest BCUT2D eigenvalue weighted by Gasteiger charge is -2.18. The fourth-order valence-corrected chi connectivity index (χ4v) is 3.35. The van der Waals surface area contributed by atoms with Crippen molar-refractivity contribution in [2.24, 2.45) is 0 Å². The minimum atomic E-state index is -0.137. The quantitative estimate of drug-likeness (QED) is 0.771. The molecule has 1 fully saturated rings. The molecular weight excluding hydrogens is 342 g/mol. The summed E-state index contributed by atoms with van der Waals surface area (Å²) >= 11 is 0. The summed E-state index contributed by atoms with van der Waals surface area (Å²) in [5.41, 5.74) is 1.76. The fourth-order valence-electron chi connectivity index (χ4n) is 3.35. The second-order valence-electron chi connectivity index (χ2n) is 6.53. The molecule has 1 atom stereocenters. The van der Waals surface area contributed by atoms with Crippen LogP contribution in [0.1, 0.15) is 28.3 Å². The number of hydrogen-bond donors (Lipinski definition) is 2. The molecule has 2 aromatic rings. The molecule has 142 valence electrons. The second kappa shape index (κ2) is 9.07. The Morgan fingerprint density at radius 2 is 1.74 bits per heavy atom. The van der Waals surface area contributed by atoms with Gasteiger partial charge in [0.1, 0.15) is 5.75 Å². The zero-order valence-electron chi connectivity index (χ0n) is 15.5. The monoisotopic (exact) mass is 367 g/mol. The van der Waals surface area contributed by atoms with Gasteiger partial charge in [0.25, 0.3) is 5.91 Å². The highest BCUT2D eigenvalue weighted by Gasteiger charge is 2.28. The van der Waals surface area contributed by atoms with Gasteiger partial charge in [0.05, 0.1) is 7.11 Å². The third-order valence-electron chi connectivity index (χ3n) is 4.78. The van der Waals surface area contributed by atoms with Crippen molar-refractivity contribution in [3.8, 4) is 5.75 Å². The lowest BCUT2D eigenvalue weighted by molar-refractivity contribution is 0.0953. The molecule has 0 aliphatic carbocycles. The third-order valence-corrected chi connectivity index (χ3v) is 4.78. The number of ether oxygens (including phenoxy) is 1. The van der Waals surface area contributed by atoms with Crippen LogP contribution in [-0.4, -0.2) is 50.1 Å². The van der Waals surface area contributed by atoms with Gasteiger partial charge < -0.3 is 20.3 Å². The van der Waals surface area contributed by atoms with E-state index in [0.29, 0.717) is 31.7 Å². The van der Waals surface area contributed by atoms with Crippen LogP contribution in [-0.2, 0) is 0 Å². The molecule has 3 amide bonds. The van der Waals surface area contributed by atoms with E-state index in [0.717, 1.165) is 17.7 Å². The van der Waals surface area contributed by atoms with E-state index in [9.17, 15) is 9.59 Å². The molecule has 27 heavy (non-hydrogen) atoms. The molecule has 0 radical (unpaired) electrons. The zero-order chi connectivity index (χ0) is 19.1. The Kier molecular flexibility index (Phi) is 6.30. The Morgan fingerprint density at radius 3 is 2.52 bits per heavy atom. The van der Waals surface area contributed by atoms with Gasteiger partial charge in [-0.15, -0.1) is 0 Å². The van der Waals surface area contributed by atoms with Gasteiger partial charge in [-0.05, 0) is 30.2 Å². The molecule has 0 aromatic heterocycles. The van der Waals surface area contributed by atoms with E-state index in [1.54, 1.807) is 19.2 Å². The Labute approximate surface area is 159 Å². The molecule has 6 nitrogen and oxygen atoms in total. The summed E-state index contributed by atoms with van der Waals surface area (Å²) < 4.78 is 5.43. The molecule has 1 unspecified atom stereocenters. The first-order valence-corrected chi connectivity index (χ1v) is 9.18. The maximum atomic E-state index is 12.4. The number of carbonyl (C=O) groups excluding carboxylic acids is 2. The molecule has 1 saturated heterocycles. The van der Waals surface area contributed by atoms with Crippen molar-refractivity contribution in [3.05, 3.63) is 65.7 Å². The fraction of sp³-hybridized carbons (Fsp3) is 0.333. The van der Waals surface area contributed by atoms with Crippen molar-refractivity contribution < 1.29 is 14.3 Å². The number of carbonyl (C=O) groups is 2. The number of rotatable bonds is 6. The van der Waals surface area contributed by atoms with Crippen molar-refractivity contribution in [1.29, 1.82) is 0 Å². The van der Waals surface area contributed by atoms with E-state index in [4.69, 9.17) is 4.74 Å². The Bertz CT molecular complexity index is 779. The van der Waals surface area contributed by atoms with Gasteiger partial charge in [0, 0.05) is 37.7 Å². The number of likely N-dealkylation sites (tertiary alicyclic amines) is 1. The first-order valence-electron chi connectivity index (χ1n) is 9.18. The van der Waals surface area contributed by atoms with Gasteiger partial charge in [-0.25, -0.2) is 4.79 Å². The van der Waals surface area contributed by atoms with Gasteiger partial charge in [-0.2, -0.15) is 0 Å². The minimum Gasteiger partial charge on any atom is -0.496 e. The molecule has 1 aliphatic rings. The Hall–Kier alpha value is -3.02. The maximum absolute atomic E-state index is 12.4. The average Bonchev–Trinajstić information content (AvgIpc) is 3.21. The molecule has 1 heterocycles. The number of amides is 3. The van der Waals surface area contributed by atoms with Crippen LogP contribution in [0.25, 0.3) is 0 Å². The molecule has 1 aliphatic heterocycles. The first kappa shape index (κ1) is 18.8. The number of para-hydroxylation sites is 1. The zero-order valence-corrected chi connectivity index (χ0v) is 15.5. The van der Waals surface area contributed by atoms with E-state index in [1.165, 1.54) is 0 Å². The summed E-state index contributed by atoms with van der Waals surface area (Å²) in [4.78, 5) is 26.1. The topological polar surface area (TPSA) is 70.7 Å². The van der Waals surface area contributed by atoms with Crippen molar-refractivity contribution in [1.82, 2.24) is 15.5 Å². The van der Waals surface area contributed by atoms with E-state index in [-0.39, 0.29) is 17.9 Å². The highest BCUT2D eigenvalue weighted by molar-refractivity contribution is 5.94. The number of urea groups is 1. The van der Waals surface area contributed by atoms with Crippen molar-refractivity contribution >= 4 is 11.9 Å². The molecule has 0 saturated carbocycles. The summed E-state index contributed by atoms with van der Waals surface area (Å²) in [7, 11) is 1.67. The van der Waals surface area contributed by atoms with E-state index in [2.05, 4.69) is 16.7 Å². The van der Waals surface area contributed by atoms with Gasteiger partial charge in [-0.3, -0.25) is 4.79 Å². The van der Waals surface area contributed by atoms with Crippen LogP contribution in [0.4, 0.5) is 4.79 Å². The molecule has 3 rings (SSSR count). The van der Waals surface area contributed by atoms with Gasteiger partial charge in [-0.1, -0.05) is 36.4 Å². The highest BCUT2D eigenvalue weighted by Crippen LogP contribution is 2.33. The van der Waals surface area contributed by atoms with E-state index in [1.807, 2.05) is 41.3 Å². The normalized spacial score (nSPS) is 16.0. The summed E-state index contributed by atoms with van der Waals surface area (Å²) in [6.45, 7) is 2.17. The molecule has 6 heteroatoms. The Balaban J connectivity index is 1.42. The Morgan fingerprint density at radius 1 is 1.04 bits per heavy atom. The summed E-state index contributed by atoms with van der Waals surface area (Å²) in [5, 5.41) is 5.68. The predicted octanol–water partition coefficient (Wildman–Crippen LogP) is 2.62. The van der Waals surface area contributed by atoms with Crippen molar-refractivity contribution in [3.63, 3.8) is 0 Å². The second-order valence-corrected chi connectivity index (χ2v) is 6.53. The number of methoxy groups -OCH3 is 1. The summed E-state index contributed by atoms with van der Waals surface area (Å²) in [6, 6.07) is 16.9. The first-order chi connectivity index (χ1) is 13.2. The number of benzene rings is 2. The predicted molar refractivity (Wildman–Crippen MR) is 104 cm³/mol. The van der Waals surface area contributed by atoms with E-state index >= 15 is 0 Å². The number of nitrogens with zero attached hydrogens (tertiary/aromatic N) is 1. The lowest BCUT2D eigenvalue weighted by Crippen LogP contribution is -2.42. The van der Waals surface area contributed by atoms with Crippen LogP contribution in [0, 0.1) is 0 Å². The summed E-state index contributed by atoms with van der Waals surface area (Å²) in [5.74, 6) is 1.01. The van der Waals surface area contributed by atoms with Gasteiger partial charge in [0.2, 0.25) is 0 Å². The lowest BCUT2D eigenvalue weighted by atomic mass is 9.97. The SMILES string of the molecule is COc1ccccc1C1CCN(C(=O)NCCNC(=O)c2ccccc2)C1. The molecule has 2 N–H and O–H groups in total. The highest BCUT2D eigenvalue weighted by atomic mass is 16.5. The van der Waals surface area contributed by atoms with Gasteiger partial charge >= 0.3 is 6.03 Å². The minimum absolute atomic E-state index is 0.0960. The van der Waals surface area contributed by atoms with Crippen LogP contribution in [0.5, 0.6) is 5.75 Å². The smallest absolute Gasteiger partial charge is 0.317 e. The number of nitrogens with one attached hydrogen (secondary N) is 2. The van der Waals surface area contributed by atoms with Crippen molar-refractivity contribution in [2.45, 2.75) is 12.3 Å². The largest absolute Gasteiger partial charge is 0.496 e.